The molecule has 0 N–H and O–H groups in total. The maximum Gasteiger partial charge on any atom is 0.0485 e. The van der Waals surface area contributed by atoms with Crippen molar-refractivity contribution >= 4 is 17.8 Å². The second kappa shape index (κ2) is 8.79. The van der Waals surface area contributed by atoms with E-state index in [1.807, 2.05) is 6.21 Å². The van der Waals surface area contributed by atoms with Gasteiger partial charge in [-0.2, -0.15) is 0 Å². The standard InChI is InChI=1S/C10H18ClN/c1-3-4-5-6-7-10(8-11)9-12-2/h7,9H,3-6,8H2,1-2H3/b10-7+,12-9?. The maximum absolute atomic E-state index is 5.70. The van der Waals surface area contributed by atoms with Crippen LogP contribution in [0.1, 0.15) is 32.6 Å². The second-order valence-corrected chi connectivity index (χ2v) is 3.06. The molecule has 0 bridgehead atoms. The highest BCUT2D eigenvalue weighted by Gasteiger charge is 1.89. The number of alkyl halides is 1. The smallest absolute Gasteiger partial charge is 0.0485 e. The van der Waals surface area contributed by atoms with Gasteiger partial charge >= 0.3 is 0 Å². The van der Waals surface area contributed by atoms with Gasteiger partial charge in [-0.3, -0.25) is 4.99 Å². The molecule has 70 valence electrons. The Hall–Kier alpha value is -0.300. The van der Waals surface area contributed by atoms with Gasteiger partial charge in [0.15, 0.2) is 0 Å². The first-order valence-electron chi connectivity index (χ1n) is 4.52. The molecule has 0 spiro atoms. The van der Waals surface area contributed by atoms with E-state index in [0.29, 0.717) is 5.88 Å². The molecule has 0 aromatic rings. The van der Waals surface area contributed by atoms with Crippen molar-refractivity contribution in [3.63, 3.8) is 0 Å². The van der Waals surface area contributed by atoms with Gasteiger partial charge in [0.2, 0.25) is 0 Å². The molecular formula is C10H18ClN. The first kappa shape index (κ1) is 11.7. The number of aliphatic imine (C=N–C) groups is 1. The molecule has 0 aromatic heterocycles. The molecule has 0 aliphatic carbocycles. The van der Waals surface area contributed by atoms with Crippen LogP contribution in [0.15, 0.2) is 16.6 Å². The number of nitrogens with zero attached hydrogens (tertiary/aromatic N) is 1. The fourth-order valence-electron chi connectivity index (χ4n) is 0.989. The summed E-state index contributed by atoms with van der Waals surface area (Å²) in [7, 11) is 1.77. The Morgan fingerprint density at radius 2 is 2.17 bits per heavy atom. The van der Waals surface area contributed by atoms with Gasteiger partial charge < -0.3 is 0 Å². The Morgan fingerprint density at radius 3 is 2.67 bits per heavy atom. The fourth-order valence-corrected chi connectivity index (χ4v) is 1.17. The van der Waals surface area contributed by atoms with Gasteiger partial charge in [0.25, 0.3) is 0 Å². The first-order chi connectivity index (χ1) is 5.85. The zero-order chi connectivity index (χ0) is 9.23. The van der Waals surface area contributed by atoms with Crippen molar-refractivity contribution in [1.29, 1.82) is 0 Å². The van der Waals surface area contributed by atoms with Crippen molar-refractivity contribution in [2.24, 2.45) is 4.99 Å². The molecule has 0 rings (SSSR count). The van der Waals surface area contributed by atoms with Crippen LogP contribution in [0.5, 0.6) is 0 Å². The third-order valence-electron chi connectivity index (χ3n) is 1.66. The molecule has 2 heteroatoms. The lowest BCUT2D eigenvalue weighted by atomic mass is 10.1. The highest BCUT2D eigenvalue weighted by atomic mass is 35.5. The fraction of sp³-hybridized carbons (Fsp3) is 0.700. The molecule has 0 radical (unpaired) electrons. The highest BCUT2D eigenvalue weighted by molar-refractivity contribution is 6.21. The molecule has 0 saturated carbocycles. The maximum atomic E-state index is 5.70. The summed E-state index contributed by atoms with van der Waals surface area (Å²) >= 11 is 5.70. The quantitative estimate of drug-likeness (QED) is 0.343. The number of unbranched alkanes of at least 4 members (excludes halogenated alkanes) is 3. The van der Waals surface area contributed by atoms with E-state index in [9.17, 15) is 0 Å². The number of rotatable bonds is 6. The molecule has 0 fully saturated rings. The lowest BCUT2D eigenvalue weighted by Gasteiger charge is -1.95. The summed E-state index contributed by atoms with van der Waals surface area (Å²) in [5, 5.41) is 0. The van der Waals surface area contributed by atoms with E-state index >= 15 is 0 Å². The summed E-state index contributed by atoms with van der Waals surface area (Å²) in [6, 6.07) is 0. The minimum Gasteiger partial charge on any atom is -0.296 e. The SMILES string of the molecule is CCCCC/C=C(/C=NC)CCl. The van der Waals surface area contributed by atoms with Crippen LogP contribution in [0.4, 0.5) is 0 Å². The van der Waals surface area contributed by atoms with Crippen molar-refractivity contribution in [3.8, 4) is 0 Å². The van der Waals surface area contributed by atoms with Gasteiger partial charge in [-0.1, -0.05) is 25.8 Å². The minimum atomic E-state index is 0.573. The number of hydrogen-bond donors (Lipinski definition) is 0. The minimum absolute atomic E-state index is 0.573. The van der Waals surface area contributed by atoms with Crippen LogP contribution in [0.3, 0.4) is 0 Å². The molecule has 0 saturated heterocycles. The van der Waals surface area contributed by atoms with Crippen molar-refractivity contribution in [1.82, 2.24) is 0 Å². The van der Waals surface area contributed by atoms with E-state index in [4.69, 9.17) is 11.6 Å². The van der Waals surface area contributed by atoms with Gasteiger partial charge in [-0.25, -0.2) is 0 Å². The molecule has 12 heavy (non-hydrogen) atoms. The predicted octanol–water partition coefficient (Wildman–Crippen LogP) is 3.43. The zero-order valence-electron chi connectivity index (χ0n) is 8.02. The summed E-state index contributed by atoms with van der Waals surface area (Å²) in [5.41, 5.74) is 1.13. The lowest BCUT2D eigenvalue weighted by molar-refractivity contribution is 0.728. The van der Waals surface area contributed by atoms with Crippen molar-refractivity contribution in [3.05, 3.63) is 11.6 Å². The number of hydrogen-bond acceptors (Lipinski definition) is 1. The van der Waals surface area contributed by atoms with E-state index in [2.05, 4.69) is 18.0 Å². The normalized spacial score (nSPS) is 12.8. The molecule has 0 unspecified atom stereocenters. The summed E-state index contributed by atoms with van der Waals surface area (Å²) in [6.07, 6.45) is 8.96. The van der Waals surface area contributed by atoms with Gasteiger partial charge in [0, 0.05) is 19.1 Å². The Bertz CT molecular complexity index is 150. The summed E-state index contributed by atoms with van der Waals surface area (Å²) in [5.74, 6) is 0.573. The van der Waals surface area contributed by atoms with Crippen LogP contribution in [0.2, 0.25) is 0 Å². The molecule has 0 aromatic carbocycles. The summed E-state index contributed by atoms with van der Waals surface area (Å²) in [4.78, 5) is 3.93. The van der Waals surface area contributed by atoms with E-state index < -0.39 is 0 Å². The van der Waals surface area contributed by atoms with Gasteiger partial charge in [-0.15, -0.1) is 11.6 Å². The average Bonchev–Trinajstić information content (AvgIpc) is 2.10. The molecule has 0 atom stereocenters. The first-order valence-corrected chi connectivity index (χ1v) is 5.05. The van der Waals surface area contributed by atoms with Crippen LogP contribution in [0, 0.1) is 0 Å². The second-order valence-electron chi connectivity index (χ2n) is 2.80. The third-order valence-corrected chi connectivity index (χ3v) is 1.97. The summed E-state index contributed by atoms with van der Waals surface area (Å²) < 4.78 is 0. The largest absolute Gasteiger partial charge is 0.296 e. The van der Waals surface area contributed by atoms with E-state index in [1.54, 1.807) is 7.05 Å². The van der Waals surface area contributed by atoms with Crippen LogP contribution in [-0.4, -0.2) is 19.1 Å². The van der Waals surface area contributed by atoms with Crippen LogP contribution in [-0.2, 0) is 0 Å². The van der Waals surface area contributed by atoms with Crippen LogP contribution < -0.4 is 0 Å². The Morgan fingerprint density at radius 1 is 1.42 bits per heavy atom. The van der Waals surface area contributed by atoms with Gasteiger partial charge in [-0.05, 0) is 18.4 Å². The van der Waals surface area contributed by atoms with E-state index in [0.717, 1.165) is 12.0 Å². The number of allylic oxidation sites excluding steroid dienone is 2. The summed E-state index contributed by atoms with van der Waals surface area (Å²) in [6.45, 7) is 2.21. The van der Waals surface area contributed by atoms with Crippen LogP contribution in [0.25, 0.3) is 0 Å². The molecule has 0 amide bonds. The monoisotopic (exact) mass is 187 g/mol. The van der Waals surface area contributed by atoms with Gasteiger partial charge in [0.05, 0.1) is 0 Å². The molecular weight excluding hydrogens is 170 g/mol. The van der Waals surface area contributed by atoms with Crippen molar-refractivity contribution in [2.75, 3.05) is 12.9 Å². The van der Waals surface area contributed by atoms with Crippen LogP contribution >= 0.6 is 11.6 Å². The Labute approximate surface area is 80.5 Å². The molecule has 0 heterocycles. The van der Waals surface area contributed by atoms with Gasteiger partial charge in [0.1, 0.15) is 0 Å². The zero-order valence-corrected chi connectivity index (χ0v) is 8.77. The van der Waals surface area contributed by atoms with Crippen molar-refractivity contribution < 1.29 is 0 Å². The molecule has 0 aliphatic heterocycles. The Balaban J connectivity index is 3.62. The number of halogens is 1. The van der Waals surface area contributed by atoms with E-state index in [1.165, 1.54) is 19.3 Å². The average molecular weight is 188 g/mol. The highest BCUT2D eigenvalue weighted by Crippen LogP contribution is 2.03. The molecule has 0 aliphatic rings. The van der Waals surface area contributed by atoms with Crippen molar-refractivity contribution in [2.45, 2.75) is 32.6 Å². The Kier molecular flexibility index (Phi) is 8.57. The predicted molar refractivity (Wildman–Crippen MR) is 57.4 cm³/mol. The topological polar surface area (TPSA) is 12.4 Å². The molecule has 1 nitrogen and oxygen atoms in total. The third kappa shape index (κ3) is 6.41. The van der Waals surface area contributed by atoms with E-state index in [-0.39, 0.29) is 0 Å². The lowest BCUT2D eigenvalue weighted by Crippen LogP contribution is -1.86.